The minimum absolute atomic E-state index is 0.104. The lowest BCUT2D eigenvalue weighted by molar-refractivity contribution is -0.147. The molecule has 0 fully saturated rings. The molecule has 0 aliphatic rings. The first kappa shape index (κ1) is 13.3. The molecule has 0 aliphatic heterocycles. The van der Waals surface area contributed by atoms with Crippen molar-refractivity contribution in [2.24, 2.45) is 5.41 Å². The monoisotopic (exact) mass is 241 g/mol. The molecule has 1 aromatic heterocycles. The van der Waals surface area contributed by atoms with E-state index in [9.17, 15) is 9.59 Å². The molecule has 17 heavy (non-hydrogen) atoms. The van der Waals surface area contributed by atoms with Gasteiger partial charge in [0, 0.05) is 25.6 Å². The summed E-state index contributed by atoms with van der Waals surface area (Å²) in [5.74, 6) is -0.979. The average molecular weight is 241 g/mol. The summed E-state index contributed by atoms with van der Waals surface area (Å²) in [4.78, 5) is 22.3. The fourth-order valence-corrected chi connectivity index (χ4v) is 1.27. The normalized spacial score (nSPS) is 11.4. The Bertz CT molecular complexity index is 370. The number of carbonyl (C=O) groups excluding carboxylic acids is 1. The van der Waals surface area contributed by atoms with Crippen molar-refractivity contribution < 1.29 is 14.7 Å². The van der Waals surface area contributed by atoms with E-state index in [4.69, 9.17) is 5.11 Å². The lowest BCUT2D eigenvalue weighted by Gasteiger charge is -2.18. The zero-order chi connectivity index (χ0) is 12.9. The summed E-state index contributed by atoms with van der Waals surface area (Å²) in [6, 6.07) is 0. The van der Waals surface area contributed by atoms with Crippen LogP contribution in [0.3, 0.4) is 0 Å². The van der Waals surface area contributed by atoms with Crippen molar-refractivity contribution >= 4 is 11.9 Å². The van der Waals surface area contributed by atoms with Crippen molar-refractivity contribution in [3.63, 3.8) is 0 Å². The van der Waals surface area contributed by atoms with Gasteiger partial charge >= 0.3 is 5.97 Å². The van der Waals surface area contributed by atoms with Gasteiger partial charge in [-0.25, -0.2) is 0 Å². The summed E-state index contributed by atoms with van der Waals surface area (Å²) < 4.78 is 0. The smallest absolute Gasteiger partial charge is 0.309 e. The maximum atomic E-state index is 11.4. The van der Waals surface area contributed by atoms with Gasteiger partial charge in [-0.05, 0) is 20.3 Å². The third kappa shape index (κ3) is 4.34. The molecule has 96 valence electrons. The number of aromatic amines is 2. The zero-order valence-corrected chi connectivity index (χ0v) is 10.2. The van der Waals surface area contributed by atoms with E-state index in [2.05, 4.69) is 15.5 Å². The molecule has 4 N–H and O–H groups in total. The van der Waals surface area contributed by atoms with Gasteiger partial charge in [0.1, 0.15) is 0 Å². The summed E-state index contributed by atoms with van der Waals surface area (Å²) in [7, 11) is 0. The van der Waals surface area contributed by atoms with Crippen molar-refractivity contribution in [2.75, 3.05) is 6.54 Å². The number of aromatic nitrogens is 2. The van der Waals surface area contributed by atoms with Gasteiger partial charge in [-0.15, -0.1) is 0 Å². The number of carbonyl (C=O) groups is 2. The quantitative estimate of drug-likeness (QED) is 0.570. The molecular weight excluding hydrogens is 222 g/mol. The summed E-state index contributed by atoms with van der Waals surface area (Å²) in [6.45, 7) is 3.81. The Morgan fingerprint density at radius 3 is 2.59 bits per heavy atom. The van der Waals surface area contributed by atoms with Crippen molar-refractivity contribution in [3.8, 4) is 0 Å². The molecule has 1 aromatic rings. The molecule has 1 amide bonds. The number of rotatable bonds is 7. The number of hydrogen-bond donors (Lipinski definition) is 4. The second-order valence-electron chi connectivity index (χ2n) is 4.73. The van der Waals surface area contributed by atoms with Gasteiger partial charge in [0.15, 0.2) is 0 Å². The van der Waals surface area contributed by atoms with Crippen molar-refractivity contribution in [1.29, 1.82) is 0 Å². The molecule has 1 heterocycles. The first-order valence-corrected chi connectivity index (χ1v) is 5.62. The SMILES string of the molecule is CC(C)(CCC(=O)NCCc1c[nH][nH]1)C(=O)O. The fourth-order valence-electron chi connectivity index (χ4n) is 1.27. The highest BCUT2D eigenvalue weighted by Crippen LogP contribution is 2.22. The molecule has 6 heteroatoms. The van der Waals surface area contributed by atoms with Crippen LogP contribution >= 0.6 is 0 Å². The van der Waals surface area contributed by atoms with Crippen LogP contribution in [-0.4, -0.2) is 33.7 Å². The molecule has 0 bridgehead atoms. The van der Waals surface area contributed by atoms with Crippen LogP contribution < -0.4 is 5.32 Å². The Morgan fingerprint density at radius 2 is 2.12 bits per heavy atom. The maximum Gasteiger partial charge on any atom is 0.309 e. The molecule has 6 nitrogen and oxygen atoms in total. The van der Waals surface area contributed by atoms with E-state index >= 15 is 0 Å². The third-order valence-corrected chi connectivity index (χ3v) is 2.75. The largest absolute Gasteiger partial charge is 0.481 e. The van der Waals surface area contributed by atoms with E-state index in [1.54, 1.807) is 13.8 Å². The molecule has 0 saturated heterocycles. The highest BCUT2D eigenvalue weighted by atomic mass is 16.4. The Balaban J connectivity index is 2.15. The van der Waals surface area contributed by atoms with Gasteiger partial charge in [0.25, 0.3) is 0 Å². The summed E-state index contributed by atoms with van der Waals surface area (Å²) in [5.41, 5.74) is 0.204. The second-order valence-corrected chi connectivity index (χ2v) is 4.73. The van der Waals surface area contributed by atoms with E-state index in [1.165, 1.54) is 0 Å². The van der Waals surface area contributed by atoms with Crippen LogP contribution in [0.25, 0.3) is 0 Å². The van der Waals surface area contributed by atoms with Crippen LogP contribution in [0.5, 0.6) is 0 Å². The molecule has 0 saturated carbocycles. The molecule has 0 spiro atoms. The van der Waals surface area contributed by atoms with Gasteiger partial charge in [-0.1, -0.05) is 0 Å². The Hall–Kier alpha value is -1.72. The highest BCUT2D eigenvalue weighted by Gasteiger charge is 2.27. The van der Waals surface area contributed by atoms with Crippen LogP contribution in [0.2, 0.25) is 0 Å². The molecule has 0 unspecified atom stereocenters. The number of aliphatic carboxylic acids is 1. The van der Waals surface area contributed by atoms with Crippen LogP contribution in [0.4, 0.5) is 0 Å². The molecule has 0 radical (unpaired) electrons. The van der Waals surface area contributed by atoms with Crippen LogP contribution in [0.1, 0.15) is 32.4 Å². The van der Waals surface area contributed by atoms with E-state index in [1.807, 2.05) is 6.20 Å². The Kier molecular flexibility index (Phi) is 4.37. The van der Waals surface area contributed by atoms with Gasteiger partial charge in [0.05, 0.1) is 11.1 Å². The molecule has 0 aromatic carbocycles. The minimum atomic E-state index is -0.875. The first-order chi connectivity index (χ1) is 7.92. The molecule has 0 aliphatic carbocycles. The molecule has 1 rings (SSSR count). The Labute approximate surface area is 99.8 Å². The fraction of sp³-hybridized carbons (Fsp3) is 0.636. The zero-order valence-electron chi connectivity index (χ0n) is 10.2. The van der Waals surface area contributed by atoms with Crippen molar-refractivity contribution in [1.82, 2.24) is 15.5 Å². The number of amides is 1. The van der Waals surface area contributed by atoms with Crippen molar-refractivity contribution in [3.05, 3.63) is 11.9 Å². The Morgan fingerprint density at radius 1 is 1.47 bits per heavy atom. The van der Waals surface area contributed by atoms with E-state index in [-0.39, 0.29) is 12.3 Å². The predicted octanol–water partition coefficient (Wildman–Crippen LogP) is 0.893. The van der Waals surface area contributed by atoms with Gasteiger partial charge < -0.3 is 20.6 Å². The average Bonchev–Trinajstić information content (AvgIpc) is 2.18. The highest BCUT2D eigenvalue weighted by molar-refractivity contribution is 5.78. The predicted molar refractivity (Wildman–Crippen MR) is 62.5 cm³/mol. The second kappa shape index (κ2) is 5.56. The minimum Gasteiger partial charge on any atom is -0.481 e. The van der Waals surface area contributed by atoms with Crippen LogP contribution in [-0.2, 0) is 16.0 Å². The number of hydrogen-bond acceptors (Lipinski definition) is 2. The van der Waals surface area contributed by atoms with Gasteiger partial charge in [-0.2, -0.15) is 0 Å². The summed E-state index contributed by atoms with van der Waals surface area (Å²) in [6.07, 6.45) is 3.17. The topological polar surface area (TPSA) is 98.0 Å². The number of H-pyrrole nitrogens is 2. The number of carboxylic acids is 1. The van der Waals surface area contributed by atoms with Gasteiger partial charge in [0.2, 0.25) is 5.91 Å². The molecule has 0 atom stereocenters. The lowest BCUT2D eigenvalue weighted by Crippen LogP contribution is -2.30. The van der Waals surface area contributed by atoms with Crippen LogP contribution in [0, 0.1) is 5.41 Å². The summed E-state index contributed by atoms with van der Waals surface area (Å²) in [5, 5.41) is 17.3. The third-order valence-electron chi connectivity index (χ3n) is 2.75. The first-order valence-electron chi connectivity index (χ1n) is 5.62. The van der Waals surface area contributed by atoms with Crippen LogP contribution in [0.15, 0.2) is 6.20 Å². The van der Waals surface area contributed by atoms with E-state index < -0.39 is 11.4 Å². The molecular formula is C11H19N3O3. The van der Waals surface area contributed by atoms with Crippen molar-refractivity contribution in [2.45, 2.75) is 33.1 Å². The summed E-state index contributed by atoms with van der Waals surface area (Å²) >= 11 is 0. The standard InChI is InChI=1S/C11H19N3O3/c1-11(2,10(16)17)5-3-9(15)12-6-4-8-7-13-14-8/h7,13-14H,3-6H2,1-2H3,(H,12,15)(H,16,17). The van der Waals surface area contributed by atoms with Gasteiger partial charge in [-0.3, -0.25) is 9.59 Å². The van der Waals surface area contributed by atoms with E-state index in [0.29, 0.717) is 13.0 Å². The lowest BCUT2D eigenvalue weighted by atomic mass is 9.88. The van der Waals surface area contributed by atoms with E-state index in [0.717, 1.165) is 12.1 Å². The maximum absolute atomic E-state index is 11.4. The number of nitrogens with one attached hydrogen (secondary N) is 3. The number of carboxylic acid groups (broad SMARTS) is 1.